The first-order chi connectivity index (χ1) is 14.0. The van der Waals surface area contributed by atoms with E-state index < -0.39 is 0 Å². The summed E-state index contributed by atoms with van der Waals surface area (Å²) in [6, 6.07) is 3.57. The molecule has 1 aliphatic heterocycles. The maximum atomic E-state index is 12.0. The van der Waals surface area contributed by atoms with Crippen molar-refractivity contribution in [1.82, 2.24) is 15.3 Å². The summed E-state index contributed by atoms with van der Waals surface area (Å²) >= 11 is 0. The van der Waals surface area contributed by atoms with Crippen molar-refractivity contribution in [3.63, 3.8) is 0 Å². The van der Waals surface area contributed by atoms with E-state index in [1.54, 1.807) is 26.4 Å². The third kappa shape index (κ3) is 5.04. The Bertz CT molecular complexity index is 854. The van der Waals surface area contributed by atoms with E-state index in [0.29, 0.717) is 47.3 Å². The number of methoxy groups -OCH3 is 2. The highest BCUT2D eigenvalue weighted by atomic mass is 16.5. The van der Waals surface area contributed by atoms with Crippen LogP contribution in [0.1, 0.15) is 19.3 Å². The van der Waals surface area contributed by atoms with E-state index in [0.717, 1.165) is 32.4 Å². The van der Waals surface area contributed by atoms with Gasteiger partial charge in [-0.2, -0.15) is 4.98 Å². The number of carbonyl (C=O) groups excluding carboxylic acids is 1. The minimum Gasteiger partial charge on any atom is -0.493 e. The van der Waals surface area contributed by atoms with Crippen LogP contribution in [-0.4, -0.2) is 69.4 Å². The Morgan fingerprint density at radius 3 is 2.76 bits per heavy atom. The van der Waals surface area contributed by atoms with Gasteiger partial charge in [0, 0.05) is 31.7 Å². The summed E-state index contributed by atoms with van der Waals surface area (Å²) in [5.74, 6) is 2.23. The van der Waals surface area contributed by atoms with Crippen LogP contribution in [0.2, 0.25) is 0 Å². The molecular weight excluding hydrogens is 374 g/mol. The average Bonchev–Trinajstić information content (AvgIpc) is 3.27. The molecule has 0 bridgehead atoms. The summed E-state index contributed by atoms with van der Waals surface area (Å²) in [5, 5.41) is 3.90. The van der Waals surface area contributed by atoms with E-state index in [9.17, 15) is 4.79 Å². The number of Topliss-reactive ketones (excluding diaryl/α,β-unsaturated/α-hetero) is 1. The van der Waals surface area contributed by atoms with Crippen LogP contribution in [0.25, 0.3) is 10.9 Å². The van der Waals surface area contributed by atoms with Crippen LogP contribution in [0.4, 0.5) is 11.8 Å². The molecule has 1 unspecified atom stereocenters. The fourth-order valence-electron chi connectivity index (χ4n) is 3.34. The van der Waals surface area contributed by atoms with Crippen LogP contribution in [-0.2, 0) is 9.53 Å². The molecule has 3 rings (SSSR count). The molecule has 1 fully saturated rings. The summed E-state index contributed by atoms with van der Waals surface area (Å²) in [7, 11) is 5.07. The van der Waals surface area contributed by atoms with E-state index in [-0.39, 0.29) is 11.9 Å². The topological polar surface area (TPSA) is 112 Å². The summed E-state index contributed by atoms with van der Waals surface area (Å²) < 4.78 is 16.1. The lowest BCUT2D eigenvalue weighted by molar-refractivity contribution is -0.126. The zero-order chi connectivity index (χ0) is 20.8. The van der Waals surface area contributed by atoms with E-state index in [1.807, 2.05) is 11.9 Å². The molecule has 9 nitrogen and oxygen atoms in total. The molecule has 3 N–H and O–H groups in total. The van der Waals surface area contributed by atoms with Crippen LogP contribution < -0.4 is 25.4 Å². The van der Waals surface area contributed by atoms with E-state index in [4.69, 9.17) is 19.9 Å². The Hall–Kier alpha value is -2.65. The van der Waals surface area contributed by atoms with Crippen molar-refractivity contribution in [2.45, 2.75) is 25.4 Å². The monoisotopic (exact) mass is 403 g/mol. The minimum atomic E-state index is -0.227. The number of fused-ring (bicyclic) bond motifs is 1. The van der Waals surface area contributed by atoms with Crippen molar-refractivity contribution >= 4 is 28.5 Å². The number of rotatable bonds is 10. The first-order valence-electron chi connectivity index (χ1n) is 9.79. The number of hydrogen-bond acceptors (Lipinski definition) is 9. The van der Waals surface area contributed by atoms with Gasteiger partial charge in [-0.3, -0.25) is 4.79 Å². The molecule has 1 aromatic heterocycles. The third-order valence-electron chi connectivity index (χ3n) is 5.00. The van der Waals surface area contributed by atoms with Crippen LogP contribution in [0, 0.1) is 0 Å². The highest BCUT2D eigenvalue weighted by Gasteiger charge is 2.22. The van der Waals surface area contributed by atoms with Crippen LogP contribution in [0.15, 0.2) is 12.1 Å². The van der Waals surface area contributed by atoms with Gasteiger partial charge >= 0.3 is 0 Å². The van der Waals surface area contributed by atoms with Gasteiger partial charge in [-0.05, 0) is 31.9 Å². The van der Waals surface area contributed by atoms with Crippen LogP contribution in [0.5, 0.6) is 11.5 Å². The number of nitrogens with two attached hydrogens (primary N) is 1. The second kappa shape index (κ2) is 9.71. The molecule has 2 heterocycles. The summed E-state index contributed by atoms with van der Waals surface area (Å²) in [6.07, 6.45) is 2.41. The molecule has 1 aromatic carbocycles. The number of nitrogens with zero attached hydrogens (tertiary/aromatic N) is 3. The maximum absolute atomic E-state index is 12.0. The molecule has 0 spiro atoms. The van der Waals surface area contributed by atoms with Crippen molar-refractivity contribution in [3.8, 4) is 11.5 Å². The molecule has 9 heteroatoms. The highest BCUT2D eigenvalue weighted by Crippen LogP contribution is 2.33. The number of benzene rings is 1. The zero-order valence-electron chi connectivity index (χ0n) is 17.2. The second-order valence-corrected chi connectivity index (χ2v) is 7.05. The first-order valence-corrected chi connectivity index (χ1v) is 9.79. The molecule has 158 valence electrons. The molecular formula is C20H29N5O4. The fourth-order valence-corrected chi connectivity index (χ4v) is 3.34. The molecule has 0 radical (unpaired) electrons. The summed E-state index contributed by atoms with van der Waals surface area (Å²) in [5.41, 5.74) is 6.84. The van der Waals surface area contributed by atoms with Gasteiger partial charge in [-0.25, -0.2) is 4.98 Å². The van der Waals surface area contributed by atoms with Crippen molar-refractivity contribution in [2.75, 3.05) is 58.1 Å². The maximum Gasteiger partial charge on any atom is 0.227 e. The molecule has 0 saturated carbocycles. The number of aromatic nitrogens is 2. The van der Waals surface area contributed by atoms with Crippen molar-refractivity contribution in [2.24, 2.45) is 0 Å². The van der Waals surface area contributed by atoms with E-state index in [1.165, 1.54) is 0 Å². The van der Waals surface area contributed by atoms with Crippen molar-refractivity contribution in [3.05, 3.63) is 12.1 Å². The first kappa shape index (κ1) is 21.1. The van der Waals surface area contributed by atoms with E-state index >= 15 is 0 Å². The Balaban J connectivity index is 1.56. The number of ether oxygens (including phenoxy) is 3. The van der Waals surface area contributed by atoms with Gasteiger partial charge in [0.2, 0.25) is 5.95 Å². The molecule has 29 heavy (non-hydrogen) atoms. The van der Waals surface area contributed by atoms with Gasteiger partial charge in [0.05, 0.1) is 26.3 Å². The highest BCUT2D eigenvalue weighted by molar-refractivity contribution is 5.91. The van der Waals surface area contributed by atoms with Crippen LogP contribution >= 0.6 is 0 Å². The lowest BCUT2D eigenvalue weighted by Gasteiger charge is -2.19. The van der Waals surface area contributed by atoms with Gasteiger partial charge in [0.25, 0.3) is 0 Å². The summed E-state index contributed by atoms with van der Waals surface area (Å²) in [6.45, 7) is 2.47. The normalized spacial score (nSPS) is 16.2. The van der Waals surface area contributed by atoms with Gasteiger partial charge in [-0.1, -0.05) is 0 Å². The van der Waals surface area contributed by atoms with Gasteiger partial charge in [-0.15, -0.1) is 0 Å². The smallest absolute Gasteiger partial charge is 0.227 e. The molecule has 2 aromatic rings. The predicted octanol–water partition coefficient (Wildman–Crippen LogP) is 1.39. The zero-order valence-corrected chi connectivity index (χ0v) is 17.2. The van der Waals surface area contributed by atoms with Gasteiger partial charge in [0.1, 0.15) is 11.9 Å². The van der Waals surface area contributed by atoms with Crippen molar-refractivity contribution in [1.29, 1.82) is 0 Å². The largest absolute Gasteiger partial charge is 0.493 e. The number of nitrogens with one attached hydrogen (secondary N) is 1. The number of ketones is 1. The lowest BCUT2D eigenvalue weighted by atomic mass is 10.1. The summed E-state index contributed by atoms with van der Waals surface area (Å²) in [4.78, 5) is 22.9. The Morgan fingerprint density at radius 1 is 1.31 bits per heavy atom. The second-order valence-electron chi connectivity index (χ2n) is 7.05. The molecule has 1 atom stereocenters. The number of anilines is 2. The number of carbonyl (C=O) groups is 1. The Kier molecular flexibility index (Phi) is 7.05. The minimum absolute atomic E-state index is 0.130. The predicted molar refractivity (Wildman–Crippen MR) is 112 cm³/mol. The quantitative estimate of drug-likeness (QED) is 0.568. The van der Waals surface area contributed by atoms with Crippen LogP contribution in [0.3, 0.4) is 0 Å². The lowest BCUT2D eigenvalue weighted by Crippen LogP contribution is -2.33. The average molecular weight is 403 g/mol. The molecule has 1 saturated heterocycles. The van der Waals surface area contributed by atoms with Crippen molar-refractivity contribution < 1.29 is 19.0 Å². The number of hydrogen-bond donors (Lipinski definition) is 2. The molecule has 1 aliphatic rings. The fraction of sp³-hybridized carbons (Fsp3) is 0.550. The van der Waals surface area contributed by atoms with E-state index in [2.05, 4.69) is 15.3 Å². The SMILES string of the molecule is COc1cc2nc(N(C)CCCNCC(=O)C3CCCO3)nc(N)c2cc1OC. The molecule has 0 amide bonds. The van der Waals surface area contributed by atoms with Gasteiger partial charge in [0.15, 0.2) is 17.3 Å². The molecule has 0 aliphatic carbocycles. The Labute approximate surface area is 170 Å². The standard InChI is InChI=1S/C20H29N5O4/c1-25(8-5-7-22-12-15(26)16-6-4-9-29-16)20-23-14-11-18(28-3)17(27-2)10-13(14)19(21)24-20/h10-11,16,22H,4-9,12H2,1-3H3,(H2,21,23,24). The van der Waals surface area contributed by atoms with Gasteiger partial charge < -0.3 is 30.2 Å². The Morgan fingerprint density at radius 2 is 2.07 bits per heavy atom. The third-order valence-corrected chi connectivity index (χ3v) is 5.00. The number of nitrogen functional groups attached to an aromatic ring is 1.